The Morgan fingerprint density at radius 2 is 0.885 bits per heavy atom. The van der Waals surface area contributed by atoms with E-state index in [0.717, 1.165) is 19.0 Å². The predicted molar refractivity (Wildman–Crippen MR) is 121 cm³/mol. The molecule has 0 spiro atoms. The van der Waals surface area contributed by atoms with Crippen LogP contribution in [0.3, 0.4) is 0 Å². The Labute approximate surface area is 189 Å². The van der Waals surface area contributed by atoms with Gasteiger partial charge in [0.15, 0.2) is 0 Å². The smallest absolute Gasteiger partial charge is 0.168 e. The second kappa shape index (κ2) is 17.7. The van der Waals surface area contributed by atoms with Gasteiger partial charge in [-0.25, -0.2) is 0 Å². The van der Waals surface area contributed by atoms with Gasteiger partial charge in [-0.3, -0.25) is 0 Å². The number of fused-ring (bicyclic) bond motifs is 2. The van der Waals surface area contributed by atoms with Crippen molar-refractivity contribution >= 4 is 53.0 Å². The van der Waals surface area contributed by atoms with Gasteiger partial charge in [0, 0.05) is 19.0 Å². The Balaban J connectivity index is 0. The van der Waals surface area contributed by atoms with E-state index in [1.165, 1.54) is 21.5 Å². The first-order valence-electron chi connectivity index (χ1n) is 8.14. The molecule has 0 amide bonds. The second-order valence-corrected chi connectivity index (χ2v) is 7.31. The molecule has 0 unspecified atom stereocenters. The van der Waals surface area contributed by atoms with Crippen LogP contribution in [0.4, 0.5) is 0 Å². The van der Waals surface area contributed by atoms with Gasteiger partial charge in [0.2, 0.25) is 0 Å². The summed E-state index contributed by atoms with van der Waals surface area (Å²) in [5, 5.41) is 5.32. The summed E-state index contributed by atoms with van der Waals surface area (Å²) in [5.41, 5.74) is 0. The molecule has 4 heteroatoms. The van der Waals surface area contributed by atoms with E-state index in [0.29, 0.717) is 0 Å². The zero-order valence-electron chi connectivity index (χ0n) is 16.0. The Bertz CT molecular complexity index is 664. The first-order chi connectivity index (χ1) is 11.8. The normalized spacial score (nSPS) is 8.46. The van der Waals surface area contributed by atoms with Crippen molar-refractivity contribution in [1.29, 1.82) is 0 Å². The standard InChI is InChI=1S/2C9H7.2C2H6Si.ClH.Zr/c2*1-2-5-9-7-3-6-8(9)4-1;2*1-3-2;;/h2*1-7H;2*1-2H3;1H;/q2*-1;;;;+2. The molecule has 4 rings (SSSR count). The number of benzene rings is 2. The van der Waals surface area contributed by atoms with E-state index in [1.807, 2.05) is 0 Å². The van der Waals surface area contributed by atoms with Gasteiger partial charge in [-0.15, -0.1) is 71.7 Å². The zero-order valence-corrected chi connectivity index (χ0v) is 21.3. The summed E-state index contributed by atoms with van der Waals surface area (Å²) in [6.07, 6.45) is 0. The van der Waals surface area contributed by atoms with Crippen LogP contribution in [0.25, 0.3) is 21.5 Å². The summed E-state index contributed by atoms with van der Waals surface area (Å²) in [6.45, 7) is 8.61. The molecule has 4 radical (unpaired) electrons. The molecule has 0 N–H and O–H groups in total. The van der Waals surface area contributed by atoms with E-state index in [-0.39, 0.29) is 38.6 Å². The van der Waals surface area contributed by atoms with E-state index in [4.69, 9.17) is 0 Å². The molecule has 0 atom stereocenters. The maximum Gasteiger partial charge on any atom is 2.00 e. The molecule has 0 saturated carbocycles. The van der Waals surface area contributed by atoms with Crippen molar-refractivity contribution in [2.45, 2.75) is 26.2 Å². The number of rotatable bonds is 0. The van der Waals surface area contributed by atoms with Crippen LogP contribution in [-0.4, -0.2) is 19.0 Å². The van der Waals surface area contributed by atoms with Crippen LogP contribution in [0.1, 0.15) is 0 Å². The summed E-state index contributed by atoms with van der Waals surface area (Å²) >= 11 is 0. The van der Waals surface area contributed by atoms with E-state index in [1.54, 1.807) is 0 Å². The van der Waals surface area contributed by atoms with Crippen LogP contribution in [0, 0.1) is 0 Å². The molecule has 0 aliphatic rings. The topological polar surface area (TPSA) is 0 Å². The minimum absolute atomic E-state index is 0. The summed E-state index contributed by atoms with van der Waals surface area (Å²) < 4.78 is 0. The first kappa shape index (κ1) is 27.5. The van der Waals surface area contributed by atoms with E-state index < -0.39 is 0 Å². The molecule has 26 heavy (non-hydrogen) atoms. The summed E-state index contributed by atoms with van der Waals surface area (Å²) in [6, 6.07) is 29.3. The fourth-order valence-corrected chi connectivity index (χ4v) is 2.14. The number of hydrogen-bond donors (Lipinski definition) is 0. The second-order valence-electron chi connectivity index (χ2n) is 5.31. The van der Waals surface area contributed by atoms with Crippen molar-refractivity contribution in [2.24, 2.45) is 0 Å². The molecule has 4 aromatic carbocycles. The molecular formula is C22H27ClSi2Zr. The molecule has 0 nitrogen and oxygen atoms in total. The monoisotopic (exact) mass is 472 g/mol. The maximum atomic E-state index is 2.15. The van der Waals surface area contributed by atoms with Gasteiger partial charge in [-0.1, -0.05) is 38.3 Å². The fourth-order valence-electron chi connectivity index (χ4n) is 2.14. The van der Waals surface area contributed by atoms with Gasteiger partial charge in [0.05, 0.1) is 0 Å². The third-order valence-corrected chi connectivity index (χ3v) is 3.10. The van der Waals surface area contributed by atoms with Gasteiger partial charge < -0.3 is 0 Å². The minimum atomic E-state index is 0. The van der Waals surface area contributed by atoms with Gasteiger partial charge in [-0.2, -0.15) is 35.0 Å². The minimum Gasteiger partial charge on any atom is -0.168 e. The molecule has 0 bridgehead atoms. The predicted octanol–water partition coefficient (Wildman–Crippen LogP) is 7.11. The molecule has 134 valence electrons. The number of halogens is 1. The van der Waals surface area contributed by atoms with Crippen molar-refractivity contribution < 1.29 is 26.2 Å². The molecule has 0 aliphatic heterocycles. The van der Waals surface area contributed by atoms with Crippen LogP contribution in [0.2, 0.25) is 26.2 Å². The third-order valence-electron chi connectivity index (χ3n) is 3.10. The molecule has 0 heterocycles. The van der Waals surface area contributed by atoms with Crippen LogP contribution in [0.5, 0.6) is 0 Å². The Morgan fingerprint density at radius 3 is 1.19 bits per heavy atom. The summed E-state index contributed by atoms with van der Waals surface area (Å²) in [5.74, 6) is 0. The van der Waals surface area contributed by atoms with Gasteiger partial charge >= 0.3 is 26.2 Å². The molecule has 4 aromatic rings. The van der Waals surface area contributed by atoms with Gasteiger partial charge in [0.1, 0.15) is 0 Å². The van der Waals surface area contributed by atoms with Crippen molar-refractivity contribution in [1.82, 2.24) is 0 Å². The van der Waals surface area contributed by atoms with Crippen molar-refractivity contribution in [3.05, 3.63) is 84.9 Å². The van der Waals surface area contributed by atoms with Crippen molar-refractivity contribution in [2.75, 3.05) is 0 Å². The maximum absolute atomic E-state index is 2.15. The van der Waals surface area contributed by atoms with Gasteiger partial charge in [-0.05, 0) is 0 Å². The van der Waals surface area contributed by atoms with Crippen LogP contribution < -0.4 is 0 Å². The molecular weight excluding hydrogens is 447 g/mol. The SMILES string of the molecule is C[Si]C.C[Si]C.Cl.[Zr+2].c1ccc2[cH-]ccc2c1.c1ccc2[cH-]ccc2c1. The fraction of sp³-hybridized carbons (Fsp3) is 0.182. The van der Waals surface area contributed by atoms with Crippen LogP contribution in [-0.2, 0) is 26.2 Å². The molecule has 0 aromatic heterocycles. The van der Waals surface area contributed by atoms with E-state index >= 15 is 0 Å². The van der Waals surface area contributed by atoms with Crippen LogP contribution in [0.15, 0.2) is 84.9 Å². The number of hydrogen-bond acceptors (Lipinski definition) is 0. The molecule has 0 saturated heterocycles. The van der Waals surface area contributed by atoms with Crippen molar-refractivity contribution in [3.8, 4) is 0 Å². The molecule has 0 aliphatic carbocycles. The third kappa shape index (κ3) is 10.4. The largest absolute Gasteiger partial charge is 2.00 e. The Morgan fingerprint density at radius 1 is 0.577 bits per heavy atom. The van der Waals surface area contributed by atoms with Crippen molar-refractivity contribution in [3.63, 3.8) is 0 Å². The summed E-state index contributed by atoms with van der Waals surface area (Å²) in [7, 11) is 2.17. The first-order valence-corrected chi connectivity index (χ1v) is 12.1. The van der Waals surface area contributed by atoms with Gasteiger partial charge in [0.25, 0.3) is 0 Å². The zero-order chi connectivity index (χ0) is 17.6. The average Bonchev–Trinajstić information content (AvgIpc) is 3.26. The summed E-state index contributed by atoms with van der Waals surface area (Å²) in [4.78, 5) is 0. The quantitative estimate of drug-likeness (QED) is 0.188. The van der Waals surface area contributed by atoms with E-state index in [2.05, 4.69) is 111 Å². The Kier molecular flexibility index (Phi) is 18.7. The van der Waals surface area contributed by atoms with Crippen LogP contribution >= 0.6 is 12.4 Å². The Hall–Kier alpha value is -0.733. The average molecular weight is 474 g/mol. The van der Waals surface area contributed by atoms with E-state index in [9.17, 15) is 0 Å². The molecule has 0 fully saturated rings.